The summed E-state index contributed by atoms with van der Waals surface area (Å²) in [5.41, 5.74) is 1.19. The van der Waals surface area contributed by atoms with Crippen molar-refractivity contribution in [2.45, 2.75) is 23.9 Å². The second kappa shape index (κ2) is 5.27. The monoisotopic (exact) mass is 262 g/mol. The Balaban J connectivity index is 2.27. The summed E-state index contributed by atoms with van der Waals surface area (Å²) >= 11 is 1.14. The van der Waals surface area contributed by atoms with Gasteiger partial charge in [0, 0.05) is 17.5 Å². The maximum atomic E-state index is 13.8. The molecular weight excluding hydrogens is 251 g/mol. The number of carbonyl (C=O) groups excluding carboxylic acids is 1. The SMILES string of the molecule is CC(=O)c1ccc(Sc2nccc(C)n2)c(F)c1. The van der Waals surface area contributed by atoms with E-state index in [4.69, 9.17) is 0 Å². The van der Waals surface area contributed by atoms with E-state index in [0.717, 1.165) is 17.5 Å². The molecule has 0 saturated heterocycles. The first-order valence-electron chi connectivity index (χ1n) is 5.34. The van der Waals surface area contributed by atoms with Gasteiger partial charge in [0.15, 0.2) is 10.9 Å². The molecule has 2 aromatic rings. The Labute approximate surface area is 108 Å². The van der Waals surface area contributed by atoms with Crippen LogP contribution in [0.3, 0.4) is 0 Å². The molecule has 5 heteroatoms. The van der Waals surface area contributed by atoms with Crippen molar-refractivity contribution in [3.63, 3.8) is 0 Å². The Kier molecular flexibility index (Phi) is 3.72. The lowest BCUT2D eigenvalue weighted by Crippen LogP contribution is -1.94. The summed E-state index contributed by atoms with van der Waals surface area (Å²) in [6.07, 6.45) is 1.63. The number of nitrogens with zero attached hydrogens (tertiary/aromatic N) is 2. The first-order chi connectivity index (χ1) is 8.56. The Morgan fingerprint density at radius 1 is 1.33 bits per heavy atom. The molecule has 0 atom stereocenters. The molecule has 0 bridgehead atoms. The lowest BCUT2D eigenvalue weighted by atomic mass is 10.1. The van der Waals surface area contributed by atoms with E-state index in [1.54, 1.807) is 24.4 Å². The zero-order valence-corrected chi connectivity index (χ0v) is 10.8. The number of Topliss-reactive ketones (excluding diaryl/α,β-unsaturated/α-hetero) is 1. The van der Waals surface area contributed by atoms with Gasteiger partial charge in [-0.3, -0.25) is 4.79 Å². The molecule has 0 amide bonds. The summed E-state index contributed by atoms with van der Waals surface area (Å²) in [7, 11) is 0. The second-order valence-electron chi connectivity index (χ2n) is 3.78. The molecule has 0 spiro atoms. The van der Waals surface area contributed by atoms with Crippen LogP contribution in [0.1, 0.15) is 23.0 Å². The Morgan fingerprint density at radius 2 is 2.11 bits per heavy atom. The Bertz CT molecular complexity index is 601. The third-order valence-corrected chi connectivity index (χ3v) is 3.24. The summed E-state index contributed by atoms with van der Waals surface area (Å²) < 4.78 is 13.8. The molecule has 3 nitrogen and oxygen atoms in total. The number of halogens is 1. The molecule has 0 aliphatic rings. The highest BCUT2D eigenvalue weighted by molar-refractivity contribution is 7.99. The van der Waals surface area contributed by atoms with Gasteiger partial charge in [0.05, 0.1) is 4.90 Å². The highest BCUT2D eigenvalue weighted by Gasteiger charge is 2.09. The van der Waals surface area contributed by atoms with Crippen molar-refractivity contribution in [1.82, 2.24) is 9.97 Å². The highest BCUT2D eigenvalue weighted by Crippen LogP contribution is 2.27. The fourth-order valence-corrected chi connectivity index (χ4v) is 2.17. The third kappa shape index (κ3) is 2.92. The van der Waals surface area contributed by atoms with Crippen LogP contribution in [-0.4, -0.2) is 15.8 Å². The van der Waals surface area contributed by atoms with Crippen molar-refractivity contribution in [1.29, 1.82) is 0 Å². The first-order valence-corrected chi connectivity index (χ1v) is 6.16. The molecule has 18 heavy (non-hydrogen) atoms. The van der Waals surface area contributed by atoms with Gasteiger partial charge in [0.25, 0.3) is 0 Å². The van der Waals surface area contributed by atoms with E-state index in [1.165, 1.54) is 13.0 Å². The topological polar surface area (TPSA) is 42.9 Å². The molecule has 0 radical (unpaired) electrons. The van der Waals surface area contributed by atoms with Gasteiger partial charge in [-0.25, -0.2) is 14.4 Å². The van der Waals surface area contributed by atoms with Crippen molar-refractivity contribution in [3.05, 3.63) is 47.5 Å². The Hall–Kier alpha value is -1.75. The van der Waals surface area contributed by atoms with Gasteiger partial charge in [0.2, 0.25) is 0 Å². The van der Waals surface area contributed by atoms with Gasteiger partial charge in [0.1, 0.15) is 5.82 Å². The van der Waals surface area contributed by atoms with E-state index in [9.17, 15) is 9.18 Å². The average molecular weight is 262 g/mol. The van der Waals surface area contributed by atoms with E-state index in [-0.39, 0.29) is 5.78 Å². The molecule has 0 saturated carbocycles. The molecule has 0 fully saturated rings. The number of rotatable bonds is 3. The molecule has 1 aromatic heterocycles. The van der Waals surface area contributed by atoms with Crippen molar-refractivity contribution in [2.24, 2.45) is 0 Å². The molecular formula is C13H11FN2OS. The predicted octanol–water partition coefficient (Wildman–Crippen LogP) is 3.28. The van der Waals surface area contributed by atoms with Gasteiger partial charge in [-0.05, 0) is 43.8 Å². The summed E-state index contributed by atoms with van der Waals surface area (Å²) in [6.45, 7) is 3.26. The lowest BCUT2D eigenvalue weighted by molar-refractivity contribution is 0.101. The van der Waals surface area contributed by atoms with Crippen LogP contribution in [0.4, 0.5) is 4.39 Å². The van der Waals surface area contributed by atoms with Crippen LogP contribution < -0.4 is 0 Å². The predicted molar refractivity (Wildman–Crippen MR) is 67.3 cm³/mol. The molecule has 0 aliphatic carbocycles. The number of benzene rings is 1. The molecule has 0 unspecified atom stereocenters. The molecule has 1 aromatic carbocycles. The summed E-state index contributed by atoms with van der Waals surface area (Å²) in [6, 6.07) is 6.19. The minimum Gasteiger partial charge on any atom is -0.295 e. The van der Waals surface area contributed by atoms with Crippen molar-refractivity contribution < 1.29 is 9.18 Å². The molecule has 2 rings (SSSR count). The fourth-order valence-electron chi connectivity index (χ4n) is 1.38. The van der Waals surface area contributed by atoms with Crippen LogP contribution in [0.5, 0.6) is 0 Å². The van der Waals surface area contributed by atoms with E-state index in [0.29, 0.717) is 15.6 Å². The van der Waals surface area contributed by atoms with E-state index in [1.807, 2.05) is 6.92 Å². The normalized spacial score (nSPS) is 10.4. The average Bonchev–Trinajstić information content (AvgIpc) is 2.31. The minimum absolute atomic E-state index is 0.155. The zero-order valence-electron chi connectivity index (χ0n) is 9.98. The van der Waals surface area contributed by atoms with Crippen molar-refractivity contribution in [3.8, 4) is 0 Å². The summed E-state index contributed by atoms with van der Waals surface area (Å²) in [5, 5.41) is 0.490. The zero-order chi connectivity index (χ0) is 13.1. The number of hydrogen-bond donors (Lipinski definition) is 0. The third-order valence-electron chi connectivity index (χ3n) is 2.31. The van der Waals surface area contributed by atoms with E-state index >= 15 is 0 Å². The number of carbonyl (C=O) groups is 1. The quantitative estimate of drug-likeness (QED) is 0.629. The number of ketones is 1. The van der Waals surface area contributed by atoms with Crippen molar-refractivity contribution >= 4 is 17.5 Å². The fraction of sp³-hybridized carbons (Fsp3) is 0.154. The van der Waals surface area contributed by atoms with Gasteiger partial charge >= 0.3 is 0 Å². The standard InChI is InChI=1S/C13H11FN2OS/c1-8-5-6-15-13(16-8)18-12-4-3-10(9(2)17)7-11(12)14/h3-7H,1-2H3. The summed E-state index contributed by atoms with van der Waals surface area (Å²) in [5.74, 6) is -0.588. The molecule has 1 heterocycles. The highest BCUT2D eigenvalue weighted by atomic mass is 32.2. The van der Waals surface area contributed by atoms with Gasteiger partial charge in [-0.2, -0.15) is 0 Å². The van der Waals surface area contributed by atoms with Crippen LogP contribution in [0, 0.1) is 12.7 Å². The molecule has 92 valence electrons. The largest absolute Gasteiger partial charge is 0.295 e. The maximum Gasteiger partial charge on any atom is 0.192 e. The number of aromatic nitrogens is 2. The van der Waals surface area contributed by atoms with Crippen LogP contribution in [0.15, 0.2) is 40.5 Å². The lowest BCUT2D eigenvalue weighted by Gasteiger charge is -2.03. The van der Waals surface area contributed by atoms with Gasteiger partial charge in [-0.15, -0.1) is 0 Å². The number of aryl methyl sites for hydroxylation is 1. The second-order valence-corrected chi connectivity index (χ2v) is 4.79. The van der Waals surface area contributed by atoms with E-state index < -0.39 is 5.82 Å². The smallest absolute Gasteiger partial charge is 0.192 e. The van der Waals surface area contributed by atoms with E-state index in [2.05, 4.69) is 9.97 Å². The number of hydrogen-bond acceptors (Lipinski definition) is 4. The molecule has 0 N–H and O–H groups in total. The van der Waals surface area contributed by atoms with Crippen LogP contribution in [-0.2, 0) is 0 Å². The van der Waals surface area contributed by atoms with Gasteiger partial charge < -0.3 is 0 Å². The first kappa shape index (κ1) is 12.7. The maximum absolute atomic E-state index is 13.8. The summed E-state index contributed by atoms with van der Waals surface area (Å²) in [4.78, 5) is 19.8. The van der Waals surface area contributed by atoms with Crippen LogP contribution >= 0.6 is 11.8 Å². The van der Waals surface area contributed by atoms with Crippen molar-refractivity contribution in [2.75, 3.05) is 0 Å². The van der Waals surface area contributed by atoms with Gasteiger partial charge in [-0.1, -0.05) is 6.07 Å². The van der Waals surface area contributed by atoms with Crippen LogP contribution in [0.2, 0.25) is 0 Å². The molecule has 0 aliphatic heterocycles. The minimum atomic E-state index is -0.433. The Morgan fingerprint density at radius 3 is 2.72 bits per heavy atom. The van der Waals surface area contributed by atoms with Crippen LogP contribution in [0.25, 0.3) is 0 Å².